The van der Waals surface area contributed by atoms with Gasteiger partial charge in [-0.1, -0.05) is 40.8 Å². The van der Waals surface area contributed by atoms with Crippen LogP contribution in [-0.2, 0) is 10.5 Å². The molecule has 9 heteroatoms. The average molecular weight is 392 g/mol. The zero-order valence-corrected chi connectivity index (χ0v) is 16.5. The Morgan fingerprint density at radius 3 is 2.76 bits per heavy atom. The topological polar surface area (TPSA) is 85.0 Å². The van der Waals surface area contributed by atoms with Gasteiger partial charge in [0, 0.05) is 18.1 Å². The van der Waals surface area contributed by atoms with Crippen LogP contribution >= 0.6 is 34.4 Å². The molecule has 0 spiro atoms. The molecule has 0 saturated heterocycles. The Hall–Kier alpha value is -1.97. The highest BCUT2D eigenvalue weighted by Crippen LogP contribution is 2.33. The number of hydrogen-bond acceptors (Lipinski definition) is 8. The minimum atomic E-state index is -0.0580. The Bertz CT molecular complexity index is 905. The van der Waals surface area contributed by atoms with Crippen LogP contribution in [0.3, 0.4) is 0 Å². The number of nitrogen functional groups attached to an aromatic ring is 1. The molecule has 0 unspecified atom stereocenters. The average Bonchev–Trinajstić information content (AvgIpc) is 3.16. The van der Waals surface area contributed by atoms with Crippen LogP contribution in [0.4, 0.5) is 16.0 Å². The largest absolute Gasteiger partial charge is 0.374 e. The predicted molar refractivity (Wildman–Crippen MR) is 105 cm³/mol. The van der Waals surface area contributed by atoms with Crippen molar-refractivity contribution in [2.45, 2.75) is 30.9 Å². The summed E-state index contributed by atoms with van der Waals surface area (Å²) in [4.78, 5) is 18.5. The van der Waals surface area contributed by atoms with Gasteiger partial charge in [-0.05, 0) is 25.5 Å². The highest BCUT2D eigenvalue weighted by atomic mass is 32.2. The van der Waals surface area contributed by atoms with Crippen molar-refractivity contribution in [3.05, 3.63) is 40.4 Å². The molecule has 3 rings (SSSR count). The summed E-state index contributed by atoms with van der Waals surface area (Å²) in [6.45, 7) is 5.59. The number of anilines is 3. The third kappa shape index (κ3) is 4.17. The monoisotopic (exact) mass is 391 g/mol. The van der Waals surface area contributed by atoms with E-state index in [1.165, 1.54) is 34.4 Å². The van der Waals surface area contributed by atoms with Gasteiger partial charge >= 0.3 is 0 Å². The van der Waals surface area contributed by atoms with E-state index in [-0.39, 0.29) is 5.91 Å². The van der Waals surface area contributed by atoms with Gasteiger partial charge in [0.25, 0.3) is 0 Å². The number of hydrogen-bond donors (Lipinski definition) is 1. The fraction of sp³-hybridized carbons (Fsp3) is 0.250. The number of amides is 1. The number of rotatable bonds is 5. The molecular weight excluding hydrogens is 374 g/mol. The molecule has 25 heavy (non-hydrogen) atoms. The summed E-state index contributed by atoms with van der Waals surface area (Å²) < 4.78 is 0.810. The quantitative estimate of drug-likeness (QED) is 0.657. The van der Waals surface area contributed by atoms with Crippen molar-refractivity contribution in [2.24, 2.45) is 0 Å². The fourth-order valence-corrected chi connectivity index (χ4v) is 4.86. The minimum Gasteiger partial charge on any atom is -0.374 e. The van der Waals surface area contributed by atoms with Crippen LogP contribution in [-0.4, -0.2) is 21.1 Å². The lowest BCUT2D eigenvalue weighted by atomic mass is 10.1. The SMILES string of the molecule is CC(=O)N(c1nc(CSc2nnc(N)s2)cs1)c1ccc(C)cc1C. The van der Waals surface area contributed by atoms with Crippen LogP contribution in [0.5, 0.6) is 0 Å². The number of benzene rings is 1. The van der Waals surface area contributed by atoms with Crippen molar-refractivity contribution in [3.63, 3.8) is 0 Å². The van der Waals surface area contributed by atoms with Gasteiger partial charge in [0.1, 0.15) is 0 Å². The van der Waals surface area contributed by atoms with Crippen LogP contribution in [0.2, 0.25) is 0 Å². The third-order valence-electron chi connectivity index (χ3n) is 3.40. The lowest BCUT2D eigenvalue weighted by Crippen LogP contribution is -2.23. The van der Waals surface area contributed by atoms with Crippen LogP contribution in [0.25, 0.3) is 0 Å². The van der Waals surface area contributed by atoms with Gasteiger partial charge in [-0.2, -0.15) is 0 Å². The summed E-state index contributed by atoms with van der Waals surface area (Å²) in [5.74, 6) is 0.599. The first-order valence-electron chi connectivity index (χ1n) is 7.48. The lowest BCUT2D eigenvalue weighted by Gasteiger charge is -2.20. The molecule has 2 heterocycles. The second-order valence-corrected chi connectivity index (χ2v) is 8.53. The highest BCUT2D eigenvalue weighted by Gasteiger charge is 2.19. The van der Waals surface area contributed by atoms with Gasteiger partial charge in [-0.15, -0.1) is 21.5 Å². The fourth-order valence-electron chi connectivity index (χ4n) is 2.34. The number of nitrogens with two attached hydrogens (primary N) is 1. The maximum atomic E-state index is 12.2. The van der Waals surface area contributed by atoms with Crippen LogP contribution in [0, 0.1) is 13.8 Å². The van der Waals surface area contributed by atoms with Crippen molar-refractivity contribution < 1.29 is 4.79 Å². The Kier molecular flexibility index (Phi) is 5.36. The standard InChI is InChI=1S/C16H17N5OS3/c1-9-4-5-13(10(2)6-9)21(11(3)22)15-18-12(7-23-15)8-24-16-20-19-14(17)25-16/h4-7H,8H2,1-3H3,(H2,17,19). The third-order valence-corrected chi connectivity index (χ3v) is 6.20. The molecule has 6 nitrogen and oxygen atoms in total. The van der Waals surface area contributed by atoms with Gasteiger partial charge in [0.15, 0.2) is 9.47 Å². The summed E-state index contributed by atoms with van der Waals surface area (Å²) in [7, 11) is 0. The molecule has 3 aromatic rings. The zero-order chi connectivity index (χ0) is 18.0. The normalized spacial score (nSPS) is 10.8. The molecular formula is C16H17N5OS3. The molecule has 0 bridgehead atoms. The molecule has 0 radical (unpaired) electrons. The molecule has 1 aromatic carbocycles. The van der Waals surface area contributed by atoms with E-state index in [9.17, 15) is 4.79 Å². The number of aromatic nitrogens is 3. The van der Waals surface area contributed by atoms with Crippen molar-refractivity contribution in [3.8, 4) is 0 Å². The second-order valence-electron chi connectivity index (χ2n) is 5.46. The summed E-state index contributed by atoms with van der Waals surface area (Å²) >= 11 is 4.35. The Balaban J connectivity index is 1.81. The molecule has 0 aliphatic carbocycles. The lowest BCUT2D eigenvalue weighted by molar-refractivity contribution is -0.115. The molecule has 2 aromatic heterocycles. The van der Waals surface area contributed by atoms with E-state index in [1.54, 1.807) is 11.8 Å². The maximum Gasteiger partial charge on any atom is 0.230 e. The molecule has 0 fully saturated rings. The molecule has 0 aliphatic heterocycles. The predicted octanol–water partition coefficient (Wildman–Crippen LogP) is 4.17. The Morgan fingerprint density at radius 1 is 1.32 bits per heavy atom. The Labute approximate surface area is 158 Å². The first-order valence-corrected chi connectivity index (χ1v) is 10.2. The van der Waals surface area contributed by atoms with Gasteiger partial charge in [0.2, 0.25) is 11.0 Å². The van der Waals surface area contributed by atoms with E-state index in [1.807, 2.05) is 31.4 Å². The van der Waals surface area contributed by atoms with Gasteiger partial charge in [-0.25, -0.2) is 4.98 Å². The van der Waals surface area contributed by atoms with E-state index in [2.05, 4.69) is 21.2 Å². The first-order chi connectivity index (χ1) is 11.9. The number of thiazole rings is 1. The summed E-state index contributed by atoms with van der Waals surface area (Å²) in [6.07, 6.45) is 0. The number of aryl methyl sites for hydroxylation is 2. The molecule has 0 atom stereocenters. The van der Waals surface area contributed by atoms with Crippen LogP contribution in [0.1, 0.15) is 23.7 Å². The number of thioether (sulfide) groups is 1. The van der Waals surface area contributed by atoms with E-state index in [0.29, 0.717) is 16.0 Å². The first kappa shape index (κ1) is 17.8. The zero-order valence-electron chi connectivity index (χ0n) is 14.0. The number of nitrogens with zero attached hydrogens (tertiary/aromatic N) is 4. The summed E-state index contributed by atoms with van der Waals surface area (Å²) in [5.41, 5.74) is 9.56. The van der Waals surface area contributed by atoms with Crippen molar-refractivity contribution in [2.75, 3.05) is 10.6 Å². The number of carbonyl (C=O) groups excluding carboxylic acids is 1. The molecule has 130 valence electrons. The maximum absolute atomic E-state index is 12.2. The second kappa shape index (κ2) is 7.51. The molecule has 2 N–H and O–H groups in total. The summed E-state index contributed by atoms with van der Waals surface area (Å²) in [6, 6.07) is 6.03. The van der Waals surface area contributed by atoms with Crippen LogP contribution in [0.15, 0.2) is 27.9 Å². The van der Waals surface area contributed by atoms with E-state index in [0.717, 1.165) is 26.8 Å². The van der Waals surface area contributed by atoms with E-state index in [4.69, 9.17) is 5.73 Å². The van der Waals surface area contributed by atoms with Crippen molar-refractivity contribution >= 4 is 56.3 Å². The van der Waals surface area contributed by atoms with E-state index >= 15 is 0 Å². The molecule has 0 aliphatic rings. The molecule has 0 saturated carbocycles. The van der Waals surface area contributed by atoms with Crippen molar-refractivity contribution in [1.82, 2.24) is 15.2 Å². The van der Waals surface area contributed by atoms with Gasteiger partial charge < -0.3 is 5.73 Å². The minimum absolute atomic E-state index is 0.0580. The Morgan fingerprint density at radius 2 is 2.12 bits per heavy atom. The van der Waals surface area contributed by atoms with Crippen molar-refractivity contribution in [1.29, 1.82) is 0 Å². The number of carbonyl (C=O) groups is 1. The van der Waals surface area contributed by atoms with Crippen LogP contribution < -0.4 is 10.6 Å². The summed E-state index contributed by atoms with van der Waals surface area (Å²) in [5, 5.41) is 10.9. The van der Waals surface area contributed by atoms with E-state index < -0.39 is 0 Å². The van der Waals surface area contributed by atoms with Gasteiger partial charge in [0.05, 0.1) is 11.4 Å². The molecule has 1 amide bonds. The smallest absolute Gasteiger partial charge is 0.230 e. The van der Waals surface area contributed by atoms with Gasteiger partial charge in [-0.3, -0.25) is 9.69 Å². The highest BCUT2D eigenvalue weighted by molar-refractivity contribution is 8.00.